The van der Waals surface area contributed by atoms with E-state index in [-0.39, 0.29) is 0 Å². The Balaban J connectivity index is 0.956. The fraction of sp³-hybridized carbons (Fsp3) is 0. The maximum atomic E-state index is 2.34. The number of hydrogen-bond acceptors (Lipinski definition) is 0. The fourth-order valence-corrected chi connectivity index (χ4v) is 7.88. The van der Waals surface area contributed by atoms with Crippen LogP contribution in [0.25, 0.3) is 98.7 Å². The van der Waals surface area contributed by atoms with Gasteiger partial charge in [-0.2, -0.15) is 0 Å². The van der Waals surface area contributed by atoms with Crippen LogP contribution in [0, 0.1) is 0 Å². The number of fused-ring (bicyclic) bond motifs is 6. The zero-order valence-corrected chi connectivity index (χ0v) is 28.6. The molecule has 0 aliphatic carbocycles. The van der Waals surface area contributed by atoms with E-state index in [4.69, 9.17) is 0 Å². The molecular formula is C52H34. The molecule has 0 aromatic heterocycles. The molecule has 10 aromatic rings. The van der Waals surface area contributed by atoms with Gasteiger partial charge in [0.05, 0.1) is 0 Å². The largest absolute Gasteiger partial charge is 0.0622 e. The first-order valence-corrected chi connectivity index (χ1v) is 18.0. The molecular weight excluding hydrogens is 625 g/mol. The molecule has 0 aliphatic rings. The molecule has 10 aromatic carbocycles. The number of hydrogen-bond donors (Lipinski definition) is 0. The van der Waals surface area contributed by atoms with Gasteiger partial charge in [-0.3, -0.25) is 0 Å². The van der Waals surface area contributed by atoms with Gasteiger partial charge < -0.3 is 0 Å². The summed E-state index contributed by atoms with van der Waals surface area (Å²) in [4.78, 5) is 0. The Bertz CT molecular complexity index is 2730. The molecule has 0 spiro atoms. The maximum Gasteiger partial charge on any atom is -0.0105 e. The van der Waals surface area contributed by atoms with Crippen LogP contribution in [0.4, 0.5) is 0 Å². The summed E-state index contributed by atoms with van der Waals surface area (Å²) in [5, 5.41) is 10.1. The van der Waals surface area contributed by atoms with Crippen molar-refractivity contribution in [3.63, 3.8) is 0 Å². The van der Waals surface area contributed by atoms with Crippen LogP contribution in [0.1, 0.15) is 0 Å². The number of rotatable bonds is 5. The lowest BCUT2D eigenvalue weighted by atomic mass is 9.92. The van der Waals surface area contributed by atoms with Gasteiger partial charge in [0.25, 0.3) is 0 Å². The molecule has 0 bridgehead atoms. The van der Waals surface area contributed by atoms with Crippen LogP contribution in [0.3, 0.4) is 0 Å². The molecule has 52 heavy (non-hydrogen) atoms. The van der Waals surface area contributed by atoms with Gasteiger partial charge in [0, 0.05) is 0 Å². The highest BCUT2D eigenvalue weighted by Crippen LogP contribution is 2.36. The molecule has 0 aliphatic heterocycles. The molecule has 0 nitrogen and oxygen atoms in total. The highest BCUT2D eigenvalue weighted by Gasteiger charge is 2.10. The SMILES string of the molecule is c1ccc(-c2cccc(-c3ccc4c(ccc5cc(-c6ccc7c(ccc8cc(-c9cccc(-c%10ccccc%10)c9)ccc87)c6)ccc54)c3)c2)cc1. The Hall–Kier alpha value is -6.76. The third-order valence-corrected chi connectivity index (χ3v) is 10.6. The summed E-state index contributed by atoms with van der Waals surface area (Å²) < 4.78 is 0. The first kappa shape index (κ1) is 30.1. The lowest BCUT2D eigenvalue weighted by Crippen LogP contribution is -1.85. The maximum absolute atomic E-state index is 2.34. The van der Waals surface area contributed by atoms with Crippen molar-refractivity contribution in [3.05, 3.63) is 206 Å². The van der Waals surface area contributed by atoms with Crippen LogP contribution in [0.2, 0.25) is 0 Å². The highest BCUT2D eigenvalue weighted by molar-refractivity contribution is 6.11. The molecule has 10 rings (SSSR count). The van der Waals surface area contributed by atoms with E-state index >= 15 is 0 Å². The van der Waals surface area contributed by atoms with Gasteiger partial charge in [-0.25, -0.2) is 0 Å². The van der Waals surface area contributed by atoms with E-state index in [1.165, 1.54) is 98.7 Å². The normalized spacial score (nSPS) is 11.5. The van der Waals surface area contributed by atoms with E-state index in [2.05, 4.69) is 206 Å². The summed E-state index contributed by atoms with van der Waals surface area (Å²) in [6.07, 6.45) is 0. The minimum atomic E-state index is 1.23. The quantitative estimate of drug-likeness (QED) is 0.161. The molecule has 242 valence electrons. The summed E-state index contributed by atoms with van der Waals surface area (Å²) in [5.74, 6) is 0. The van der Waals surface area contributed by atoms with E-state index < -0.39 is 0 Å². The lowest BCUT2D eigenvalue weighted by Gasteiger charge is -2.12. The van der Waals surface area contributed by atoms with Gasteiger partial charge >= 0.3 is 0 Å². The second-order valence-corrected chi connectivity index (χ2v) is 13.8. The summed E-state index contributed by atoms with van der Waals surface area (Å²) in [7, 11) is 0. The molecule has 0 radical (unpaired) electrons. The average Bonchev–Trinajstić information content (AvgIpc) is 3.23. The third-order valence-electron chi connectivity index (χ3n) is 10.6. The summed E-state index contributed by atoms with van der Waals surface area (Å²) >= 11 is 0. The van der Waals surface area contributed by atoms with Crippen LogP contribution in [-0.2, 0) is 0 Å². The van der Waals surface area contributed by atoms with Crippen molar-refractivity contribution in [1.29, 1.82) is 0 Å². The van der Waals surface area contributed by atoms with Crippen LogP contribution in [0.5, 0.6) is 0 Å². The minimum Gasteiger partial charge on any atom is -0.0622 e. The lowest BCUT2D eigenvalue weighted by molar-refractivity contribution is 1.60. The molecule has 0 unspecified atom stereocenters. The smallest absolute Gasteiger partial charge is 0.0105 e. The van der Waals surface area contributed by atoms with Crippen molar-refractivity contribution in [2.24, 2.45) is 0 Å². The van der Waals surface area contributed by atoms with Crippen LogP contribution in [0.15, 0.2) is 206 Å². The van der Waals surface area contributed by atoms with Crippen molar-refractivity contribution in [1.82, 2.24) is 0 Å². The average molecular weight is 659 g/mol. The minimum absolute atomic E-state index is 1.23. The molecule has 0 atom stereocenters. The number of benzene rings is 10. The first-order chi connectivity index (χ1) is 25.7. The highest BCUT2D eigenvalue weighted by atomic mass is 14.1. The van der Waals surface area contributed by atoms with Crippen LogP contribution < -0.4 is 0 Å². The molecule has 0 heteroatoms. The topological polar surface area (TPSA) is 0 Å². The van der Waals surface area contributed by atoms with Crippen LogP contribution >= 0.6 is 0 Å². The Morgan fingerprint density at radius 3 is 0.712 bits per heavy atom. The predicted molar refractivity (Wildman–Crippen MR) is 224 cm³/mol. The monoisotopic (exact) mass is 658 g/mol. The zero-order chi connectivity index (χ0) is 34.4. The molecule has 0 N–H and O–H groups in total. The molecule has 0 fully saturated rings. The summed E-state index contributed by atoms with van der Waals surface area (Å²) in [6, 6.07) is 75.5. The van der Waals surface area contributed by atoms with E-state index in [0.717, 1.165) is 0 Å². The predicted octanol–water partition coefficient (Wildman–Crippen LogP) is 14.6. The Morgan fingerprint density at radius 2 is 0.404 bits per heavy atom. The second kappa shape index (κ2) is 12.5. The summed E-state index contributed by atoms with van der Waals surface area (Å²) in [6.45, 7) is 0. The molecule has 0 heterocycles. The van der Waals surface area contributed by atoms with Crippen molar-refractivity contribution in [2.45, 2.75) is 0 Å². The van der Waals surface area contributed by atoms with Crippen molar-refractivity contribution in [3.8, 4) is 55.6 Å². The van der Waals surface area contributed by atoms with Gasteiger partial charge in [0.2, 0.25) is 0 Å². The van der Waals surface area contributed by atoms with Gasteiger partial charge in [-0.1, -0.05) is 170 Å². The van der Waals surface area contributed by atoms with Crippen molar-refractivity contribution < 1.29 is 0 Å². The second-order valence-electron chi connectivity index (χ2n) is 13.8. The fourth-order valence-electron chi connectivity index (χ4n) is 7.88. The Morgan fingerprint density at radius 1 is 0.154 bits per heavy atom. The van der Waals surface area contributed by atoms with E-state index in [9.17, 15) is 0 Å². The Labute approximate surface area is 303 Å². The van der Waals surface area contributed by atoms with Crippen LogP contribution in [-0.4, -0.2) is 0 Å². The third kappa shape index (κ3) is 5.43. The summed E-state index contributed by atoms with van der Waals surface area (Å²) in [5.41, 5.74) is 12.4. The van der Waals surface area contributed by atoms with Gasteiger partial charge in [0.1, 0.15) is 0 Å². The molecule has 0 saturated heterocycles. The Kier molecular flexibility index (Phi) is 7.25. The zero-order valence-electron chi connectivity index (χ0n) is 28.6. The van der Waals surface area contributed by atoms with Crippen molar-refractivity contribution in [2.75, 3.05) is 0 Å². The van der Waals surface area contributed by atoms with E-state index in [1.807, 2.05) is 0 Å². The van der Waals surface area contributed by atoms with Gasteiger partial charge in [-0.05, 0) is 135 Å². The first-order valence-electron chi connectivity index (χ1n) is 18.0. The standard InChI is InChI=1S/C52H34/c1-3-9-35(10-4-1)37-13-7-15-39(29-37)41-21-25-49-45(31-41)17-19-47-33-43(23-27-51(47)49)44-24-28-52-48(34-44)20-18-46-32-42(22-26-50(46)52)40-16-8-14-38(30-40)36-11-5-2-6-12-36/h1-34H. The van der Waals surface area contributed by atoms with Gasteiger partial charge in [0.15, 0.2) is 0 Å². The van der Waals surface area contributed by atoms with Gasteiger partial charge in [-0.15, -0.1) is 0 Å². The molecule has 0 saturated carbocycles. The molecule has 0 amide bonds. The van der Waals surface area contributed by atoms with Crippen molar-refractivity contribution >= 4 is 43.1 Å². The van der Waals surface area contributed by atoms with E-state index in [1.54, 1.807) is 0 Å². The van der Waals surface area contributed by atoms with E-state index in [0.29, 0.717) is 0 Å².